The van der Waals surface area contributed by atoms with Crippen molar-refractivity contribution in [1.29, 1.82) is 0 Å². The predicted molar refractivity (Wildman–Crippen MR) is 79.5 cm³/mol. The van der Waals surface area contributed by atoms with Gasteiger partial charge in [0.2, 0.25) is 5.22 Å². The molecule has 1 amide bonds. The van der Waals surface area contributed by atoms with Gasteiger partial charge in [0, 0.05) is 31.7 Å². The van der Waals surface area contributed by atoms with Crippen LogP contribution in [0.2, 0.25) is 5.22 Å². The first kappa shape index (κ1) is 13.2. The van der Waals surface area contributed by atoms with Crippen LogP contribution in [0.1, 0.15) is 16.8 Å². The average molecular weight is 306 g/mol. The SMILES string of the molecule is O=C(c1c(Cl)oc2ccccc12)N1CC(C2CCOC2)C1. The average Bonchev–Trinajstić information content (AvgIpc) is 3.03. The highest BCUT2D eigenvalue weighted by Gasteiger charge is 2.39. The van der Waals surface area contributed by atoms with E-state index in [4.69, 9.17) is 20.8 Å². The zero-order chi connectivity index (χ0) is 14.4. The quantitative estimate of drug-likeness (QED) is 0.855. The number of furan rings is 1. The Bertz CT molecular complexity index is 684. The van der Waals surface area contributed by atoms with Gasteiger partial charge >= 0.3 is 0 Å². The maximum atomic E-state index is 12.6. The lowest BCUT2D eigenvalue weighted by Crippen LogP contribution is -2.52. The van der Waals surface area contributed by atoms with E-state index in [9.17, 15) is 4.79 Å². The number of benzene rings is 1. The number of carbonyl (C=O) groups is 1. The van der Waals surface area contributed by atoms with E-state index in [-0.39, 0.29) is 11.1 Å². The van der Waals surface area contributed by atoms with Crippen LogP contribution in [0.15, 0.2) is 28.7 Å². The lowest BCUT2D eigenvalue weighted by molar-refractivity contribution is 0.0343. The van der Waals surface area contributed by atoms with Crippen molar-refractivity contribution in [3.63, 3.8) is 0 Å². The summed E-state index contributed by atoms with van der Waals surface area (Å²) < 4.78 is 10.9. The van der Waals surface area contributed by atoms with E-state index < -0.39 is 0 Å². The highest BCUT2D eigenvalue weighted by atomic mass is 35.5. The molecule has 2 aliphatic rings. The van der Waals surface area contributed by atoms with Gasteiger partial charge in [0.25, 0.3) is 5.91 Å². The van der Waals surface area contributed by atoms with Gasteiger partial charge < -0.3 is 14.1 Å². The molecule has 3 heterocycles. The standard InChI is InChI=1S/C16H16ClNO3/c17-15-14(12-3-1-2-4-13(12)21-15)16(19)18-7-11(8-18)10-5-6-20-9-10/h1-4,10-11H,5-9H2. The van der Waals surface area contributed by atoms with Crippen molar-refractivity contribution in [3.8, 4) is 0 Å². The van der Waals surface area contributed by atoms with Crippen molar-refractivity contribution >= 4 is 28.5 Å². The van der Waals surface area contributed by atoms with Gasteiger partial charge in [-0.25, -0.2) is 0 Å². The Morgan fingerprint density at radius 3 is 2.81 bits per heavy atom. The molecule has 0 spiro atoms. The maximum Gasteiger partial charge on any atom is 0.259 e. The molecule has 1 aromatic heterocycles. The van der Waals surface area contributed by atoms with E-state index in [1.807, 2.05) is 29.2 Å². The Hall–Kier alpha value is -1.52. The molecule has 0 aliphatic carbocycles. The number of fused-ring (bicyclic) bond motifs is 1. The van der Waals surface area contributed by atoms with Gasteiger partial charge in [0.1, 0.15) is 11.1 Å². The van der Waals surface area contributed by atoms with Gasteiger partial charge in [0.15, 0.2) is 0 Å². The second-order valence-corrected chi connectivity index (χ2v) is 6.18. The number of hydrogen-bond donors (Lipinski definition) is 0. The van der Waals surface area contributed by atoms with Crippen molar-refractivity contribution < 1.29 is 13.9 Å². The Balaban J connectivity index is 1.54. The third-order valence-corrected chi connectivity index (χ3v) is 4.86. The first-order valence-corrected chi connectivity index (χ1v) is 7.66. The second-order valence-electron chi connectivity index (χ2n) is 5.84. The molecule has 1 unspecified atom stereocenters. The fourth-order valence-electron chi connectivity index (χ4n) is 3.27. The molecule has 2 aromatic rings. The molecule has 0 radical (unpaired) electrons. The zero-order valence-corrected chi connectivity index (χ0v) is 12.3. The Kier molecular flexibility index (Phi) is 3.16. The number of likely N-dealkylation sites (tertiary alicyclic amines) is 1. The summed E-state index contributed by atoms with van der Waals surface area (Å²) in [6.07, 6.45) is 1.11. The first-order chi connectivity index (χ1) is 10.2. The van der Waals surface area contributed by atoms with Crippen LogP contribution in [0.3, 0.4) is 0 Å². The molecule has 2 aliphatic heterocycles. The molecule has 5 heteroatoms. The smallest absolute Gasteiger partial charge is 0.259 e. The molecule has 2 saturated heterocycles. The monoisotopic (exact) mass is 305 g/mol. The molecule has 2 fully saturated rings. The minimum Gasteiger partial charge on any atom is -0.444 e. The third kappa shape index (κ3) is 2.14. The minimum atomic E-state index is -0.0277. The summed E-state index contributed by atoms with van der Waals surface area (Å²) in [5.41, 5.74) is 1.15. The van der Waals surface area contributed by atoms with Crippen molar-refractivity contribution in [2.75, 3.05) is 26.3 Å². The molecular weight excluding hydrogens is 290 g/mol. The molecule has 0 saturated carbocycles. The third-order valence-electron chi connectivity index (χ3n) is 4.59. The van der Waals surface area contributed by atoms with Gasteiger partial charge in [-0.1, -0.05) is 18.2 Å². The van der Waals surface area contributed by atoms with Crippen molar-refractivity contribution in [2.24, 2.45) is 11.8 Å². The molecule has 0 N–H and O–H groups in total. The van der Waals surface area contributed by atoms with E-state index >= 15 is 0 Å². The van der Waals surface area contributed by atoms with Crippen molar-refractivity contribution in [1.82, 2.24) is 4.90 Å². The highest BCUT2D eigenvalue weighted by Crippen LogP contribution is 2.35. The number of nitrogens with zero attached hydrogens (tertiary/aromatic N) is 1. The number of para-hydroxylation sites is 1. The fraction of sp³-hybridized carbons (Fsp3) is 0.438. The van der Waals surface area contributed by atoms with Crippen LogP contribution >= 0.6 is 11.6 Å². The number of rotatable bonds is 2. The minimum absolute atomic E-state index is 0.0277. The first-order valence-electron chi connectivity index (χ1n) is 7.28. The topological polar surface area (TPSA) is 42.7 Å². The van der Waals surface area contributed by atoms with Gasteiger partial charge in [-0.05, 0) is 35.9 Å². The van der Waals surface area contributed by atoms with Gasteiger partial charge in [-0.2, -0.15) is 0 Å². The fourth-order valence-corrected chi connectivity index (χ4v) is 3.54. The molecule has 4 rings (SSSR count). The van der Waals surface area contributed by atoms with Crippen LogP contribution in [0.4, 0.5) is 0 Å². The summed E-state index contributed by atoms with van der Waals surface area (Å²) in [7, 11) is 0. The zero-order valence-electron chi connectivity index (χ0n) is 11.5. The largest absolute Gasteiger partial charge is 0.444 e. The molecule has 4 nitrogen and oxygen atoms in total. The van der Waals surface area contributed by atoms with Crippen molar-refractivity contribution in [3.05, 3.63) is 35.0 Å². The normalized spacial score (nSPS) is 22.7. The van der Waals surface area contributed by atoms with Crippen LogP contribution in [0.25, 0.3) is 11.0 Å². The number of hydrogen-bond acceptors (Lipinski definition) is 3. The summed E-state index contributed by atoms with van der Waals surface area (Å²) in [6.45, 7) is 3.28. The number of halogens is 1. The Morgan fingerprint density at radius 2 is 2.05 bits per heavy atom. The lowest BCUT2D eigenvalue weighted by atomic mass is 9.85. The highest BCUT2D eigenvalue weighted by molar-refractivity contribution is 6.34. The summed E-state index contributed by atoms with van der Waals surface area (Å²) in [6, 6.07) is 7.46. The number of amides is 1. The van der Waals surface area contributed by atoms with Crippen LogP contribution in [-0.4, -0.2) is 37.1 Å². The molecule has 0 bridgehead atoms. The molecule has 110 valence electrons. The number of ether oxygens (including phenoxy) is 1. The van der Waals surface area contributed by atoms with Crippen LogP contribution in [0.5, 0.6) is 0 Å². The van der Waals surface area contributed by atoms with Gasteiger partial charge in [-0.15, -0.1) is 0 Å². The van der Waals surface area contributed by atoms with Crippen molar-refractivity contribution in [2.45, 2.75) is 6.42 Å². The van der Waals surface area contributed by atoms with E-state index in [0.29, 0.717) is 23.0 Å². The molecular formula is C16H16ClNO3. The van der Waals surface area contributed by atoms with E-state index in [1.165, 1.54) is 0 Å². The Labute approximate surface area is 127 Å². The Morgan fingerprint density at radius 1 is 1.24 bits per heavy atom. The maximum absolute atomic E-state index is 12.6. The molecule has 21 heavy (non-hydrogen) atoms. The number of carbonyl (C=O) groups excluding carboxylic acids is 1. The van der Waals surface area contributed by atoms with E-state index in [1.54, 1.807) is 0 Å². The lowest BCUT2D eigenvalue weighted by Gasteiger charge is -2.42. The summed E-state index contributed by atoms with van der Waals surface area (Å²) in [4.78, 5) is 14.5. The van der Waals surface area contributed by atoms with Gasteiger partial charge in [-0.3, -0.25) is 4.79 Å². The van der Waals surface area contributed by atoms with E-state index in [2.05, 4.69) is 0 Å². The second kappa shape index (κ2) is 5.04. The summed E-state index contributed by atoms with van der Waals surface area (Å²) in [5, 5.41) is 0.981. The van der Waals surface area contributed by atoms with Crippen LogP contribution < -0.4 is 0 Å². The predicted octanol–water partition coefficient (Wildman–Crippen LogP) is 3.19. The summed E-state index contributed by atoms with van der Waals surface area (Å²) in [5.74, 6) is 1.14. The summed E-state index contributed by atoms with van der Waals surface area (Å²) >= 11 is 6.12. The van der Waals surface area contributed by atoms with E-state index in [0.717, 1.165) is 38.1 Å². The molecule has 1 atom stereocenters. The van der Waals surface area contributed by atoms with Crippen LogP contribution in [-0.2, 0) is 4.74 Å². The van der Waals surface area contributed by atoms with Gasteiger partial charge in [0.05, 0.1) is 0 Å². The molecule has 1 aromatic carbocycles. The van der Waals surface area contributed by atoms with Crippen LogP contribution in [0, 0.1) is 11.8 Å².